The third-order valence-electron chi connectivity index (χ3n) is 3.29. The van der Waals surface area contributed by atoms with Gasteiger partial charge in [-0.25, -0.2) is 4.83 Å². The summed E-state index contributed by atoms with van der Waals surface area (Å²) in [6.07, 6.45) is 1.35. The highest BCUT2D eigenvalue weighted by atomic mass is 32.2. The fraction of sp³-hybridized carbons (Fsp3) is 0.235. The topological polar surface area (TPSA) is 88.0 Å². The van der Waals surface area contributed by atoms with Crippen molar-refractivity contribution in [3.8, 4) is 11.5 Å². The first-order valence-corrected chi connectivity index (χ1v) is 8.89. The molecule has 6 nitrogen and oxygen atoms in total. The number of aryl methyl sites for hydroxylation is 2. The van der Waals surface area contributed by atoms with E-state index in [2.05, 4.69) is 9.93 Å². The number of nitrogens with one attached hydrogen (secondary N) is 1. The van der Waals surface area contributed by atoms with Crippen LogP contribution in [-0.4, -0.2) is 26.3 Å². The number of sulfonamides is 1. The summed E-state index contributed by atoms with van der Waals surface area (Å²) in [5.74, 6) is 0.337. The number of hydrogen-bond donors (Lipinski definition) is 2. The Labute approximate surface area is 141 Å². The summed E-state index contributed by atoms with van der Waals surface area (Å²) in [5.41, 5.74) is 2.24. The summed E-state index contributed by atoms with van der Waals surface area (Å²) < 4.78 is 29.8. The molecule has 0 aliphatic carbocycles. The van der Waals surface area contributed by atoms with Crippen molar-refractivity contribution in [2.75, 3.05) is 6.61 Å². The number of phenols is 1. The Balaban J connectivity index is 2.17. The molecule has 0 aliphatic rings. The second kappa shape index (κ2) is 7.35. The minimum atomic E-state index is -3.73. The van der Waals surface area contributed by atoms with Gasteiger partial charge in [0.05, 0.1) is 17.7 Å². The lowest BCUT2D eigenvalue weighted by molar-refractivity contribution is 0.318. The number of aromatic hydroxyl groups is 1. The van der Waals surface area contributed by atoms with Gasteiger partial charge in [-0.05, 0) is 56.2 Å². The highest BCUT2D eigenvalue weighted by Gasteiger charge is 2.15. The molecule has 0 aliphatic heterocycles. The van der Waals surface area contributed by atoms with Crippen molar-refractivity contribution < 1.29 is 18.3 Å². The van der Waals surface area contributed by atoms with Crippen molar-refractivity contribution in [1.29, 1.82) is 0 Å². The van der Waals surface area contributed by atoms with Crippen molar-refractivity contribution in [2.24, 2.45) is 5.10 Å². The summed E-state index contributed by atoms with van der Waals surface area (Å²) in [6, 6.07) is 9.73. The first kappa shape index (κ1) is 17.8. The lowest BCUT2D eigenvalue weighted by atomic mass is 10.2. The molecular formula is C17H20N2O4S. The molecule has 0 bridgehead atoms. The highest BCUT2D eigenvalue weighted by Crippen LogP contribution is 2.26. The molecule has 24 heavy (non-hydrogen) atoms. The van der Waals surface area contributed by atoms with Crippen molar-refractivity contribution in [3.63, 3.8) is 0 Å². The molecule has 2 aromatic rings. The lowest BCUT2D eigenvalue weighted by Crippen LogP contribution is -2.19. The van der Waals surface area contributed by atoms with Gasteiger partial charge in [-0.1, -0.05) is 17.7 Å². The summed E-state index contributed by atoms with van der Waals surface area (Å²) in [4.78, 5) is 2.37. The summed E-state index contributed by atoms with van der Waals surface area (Å²) >= 11 is 0. The average molecular weight is 348 g/mol. The van der Waals surface area contributed by atoms with Gasteiger partial charge in [0.1, 0.15) is 0 Å². The zero-order valence-corrected chi connectivity index (χ0v) is 14.6. The summed E-state index contributed by atoms with van der Waals surface area (Å²) in [7, 11) is -3.73. The standard InChI is InChI=1S/C17H20N2O4S/c1-4-23-16-10-14(6-7-15(16)20)11-18-19-24(21,22)17-8-5-12(2)9-13(17)3/h5-11,19-20H,4H2,1-3H3/b18-11+. The van der Waals surface area contributed by atoms with Crippen LogP contribution < -0.4 is 9.57 Å². The number of phenolic OH excluding ortho intramolecular Hbond substituents is 1. The Morgan fingerprint density at radius 1 is 1.21 bits per heavy atom. The van der Waals surface area contributed by atoms with Gasteiger partial charge in [-0.3, -0.25) is 0 Å². The van der Waals surface area contributed by atoms with Crippen molar-refractivity contribution in [2.45, 2.75) is 25.7 Å². The first-order chi connectivity index (χ1) is 11.3. The zero-order chi connectivity index (χ0) is 17.7. The maximum atomic E-state index is 12.3. The molecule has 0 saturated carbocycles. The van der Waals surface area contributed by atoms with E-state index in [-0.39, 0.29) is 10.6 Å². The first-order valence-electron chi connectivity index (χ1n) is 7.41. The summed E-state index contributed by atoms with van der Waals surface area (Å²) in [5, 5.41) is 13.4. The van der Waals surface area contributed by atoms with Gasteiger partial charge in [0, 0.05) is 0 Å². The van der Waals surface area contributed by atoms with Crippen LogP contribution in [0.25, 0.3) is 0 Å². The van der Waals surface area contributed by atoms with Gasteiger partial charge in [0.25, 0.3) is 10.0 Å². The normalized spacial score (nSPS) is 11.6. The van der Waals surface area contributed by atoms with Crippen LogP contribution in [0.1, 0.15) is 23.6 Å². The quantitative estimate of drug-likeness (QED) is 0.621. The lowest BCUT2D eigenvalue weighted by Gasteiger charge is -2.08. The number of nitrogens with zero attached hydrogens (tertiary/aromatic N) is 1. The third-order valence-corrected chi connectivity index (χ3v) is 4.67. The summed E-state index contributed by atoms with van der Waals surface area (Å²) in [6.45, 7) is 5.85. The Bertz CT molecular complexity index is 861. The molecule has 0 heterocycles. The van der Waals surface area contributed by atoms with E-state index in [4.69, 9.17) is 4.74 Å². The fourth-order valence-corrected chi connectivity index (χ4v) is 3.22. The van der Waals surface area contributed by atoms with E-state index in [1.54, 1.807) is 44.2 Å². The van der Waals surface area contributed by atoms with Crippen LogP contribution in [0.4, 0.5) is 0 Å². The molecular weight excluding hydrogens is 328 g/mol. The number of ether oxygens (including phenoxy) is 1. The molecule has 0 atom stereocenters. The van der Waals surface area contributed by atoms with Gasteiger partial charge in [0.15, 0.2) is 11.5 Å². The second-order valence-corrected chi connectivity index (χ2v) is 6.91. The van der Waals surface area contributed by atoms with Crippen LogP contribution in [0, 0.1) is 13.8 Å². The zero-order valence-electron chi connectivity index (χ0n) is 13.8. The minimum Gasteiger partial charge on any atom is -0.504 e. The monoisotopic (exact) mass is 348 g/mol. The van der Waals surface area contributed by atoms with Crippen molar-refractivity contribution >= 4 is 16.2 Å². The van der Waals surface area contributed by atoms with E-state index >= 15 is 0 Å². The molecule has 0 spiro atoms. The molecule has 2 rings (SSSR count). The number of hydrazone groups is 1. The van der Waals surface area contributed by atoms with E-state index in [0.717, 1.165) is 5.56 Å². The number of benzene rings is 2. The van der Waals surface area contributed by atoms with E-state index in [1.165, 1.54) is 12.3 Å². The molecule has 0 unspecified atom stereocenters. The molecule has 0 aromatic heterocycles. The van der Waals surface area contributed by atoms with Crippen LogP contribution >= 0.6 is 0 Å². The Morgan fingerprint density at radius 3 is 2.62 bits per heavy atom. The Morgan fingerprint density at radius 2 is 1.96 bits per heavy atom. The molecule has 7 heteroatoms. The van der Waals surface area contributed by atoms with Crippen LogP contribution in [0.15, 0.2) is 46.4 Å². The van der Waals surface area contributed by atoms with Crippen LogP contribution in [0.2, 0.25) is 0 Å². The van der Waals surface area contributed by atoms with E-state index in [9.17, 15) is 13.5 Å². The van der Waals surface area contributed by atoms with Crippen LogP contribution in [0.5, 0.6) is 11.5 Å². The molecule has 0 radical (unpaired) electrons. The van der Waals surface area contributed by atoms with Gasteiger partial charge in [-0.15, -0.1) is 0 Å². The van der Waals surface area contributed by atoms with Crippen molar-refractivity contribution in [1.82, 2.24) is 4.83 Å². The molecule has 2 N–H and O–H groups in total. The van der Waals surface area contributed by atoms with Crippen LogP contribution in [0.3, 0.4) is 0 Å². The predicted octanol–water partition coefficient (Wildman–Crippen LogP) is 2.72. The second-order valence-electron chi connectivity index (χ2n) is 5.28. The third kappa shape index (κ3) is 4.26. The van der Waals surface area contributed by atoms with E-state index < -0.39 is 10.0 Å². The molecule has 0 saturated heterocycles. The van der Waals surface area contributed by atoms with Crippen LogP contribution in [-0.2, 0) is 10.0 Å². The van der Waals surface area contributed by atoms with E-state index in [0.29, 0.717) is 23.5 Å². The minimum absolute atomic E-state index is 0.0184. The Kier molecular flexibility index (Phi) is 5.46. The number of rotatable bonds is 6. The average Bonchev–Trinajstić information content (AvgIpc) is 2.50. The largest absolute Gasteiger partial charge is 0.504 e. The predicted molar refractivity (Wildman–Crippen MR) is 93.1 cm³/mol. The Hall–Kier alpha value is -2.54. The maximum absolute atomic E-state index is 12.3. The molecule has 128 valence electrons. The molecule has 0 amide bonds. The smallest absolute Gasteiger partial charge is 0.276 e. The van der Waals surface area contributed by atoms with Gasteiger partial charge in [0.2, 0.25) is 0 Å². The highest BCUT2D eigenvalue weighted by molar-refractivity contribution is 7.89. The SMILES string of the molecule is CCOc1cc(/C=N/NS(=O)(=O)c2ccc(C)cc2C)ccc1O. The van der Waals surface area contributed by atoms with Gasteiger partial charge in [-0.2, -0.15) is 13.5 Å². The molecule has 0 fully saturated rings. The van der Waals surface area contributed by atoms with Crippen molar-refractivity contribution in [3.05, 3.63) is 53.1 Å². The molecule has 2 aromatic carbocycles. The number of hydrogen-bond acceptors (Lipinski definition) is 5. The van der Waals surface area contributed by atoms with Gasteiger partial charge >= 0.3 is 0 Å². The van der Waals surface area contributed by atoms with Gasteiger partial charge < -0.3 is 9.84 Å². The van der Waals surface area contributed by atoms with E-state index in [1.807, 2.05) is 6.92 Å². The fourth-order valence-electron chi connectivity index (χ4n) is 2.20. The maximum Gasteiger partial charge on any atom is 0.276 e.